The van der Waals surface area contributed by atoms with Gasteiger partial charge >= 0.3 is 0 Å². The highest BCUT2D eigenvalue weighted by Gasteiger charge is 2.21. The lowest BCUT2D eigenvalue weighted by atomic mass is 10.0. The van der Waals surface area contributed by atoms with Crippen LogP contribution >= 0.6 is 28.7 Å². The average molecular weight is 394 g/mol. The SMILES string of the molecule is Br.CC1=C(CCO)SCN1CC(=O)c1ccc2ccccc2c1. The molecule has 0 saturated carbocycles. The lowest BCUT2D eigenvalue weighted by Crippen LogP contribution is -2.25. The van der Waals surface area contributed by atoms with Crippen LogP contribution in [0.15, 0.2) is 53.1 Å². The van der Waals surface area contributed by atoms with Crippen LogP contribution in [-0.4, -0.2) is 34.8 Å². The average Bonchev–Trinajstić information content (AvgIpc) is 2.88. The number of carbonyl (C=O) groups is 1. The Kier molecular flexibility index (Phi) is 6.27. The number of aliphatic hydroxyl groups excluding tert-OH is 1. The summed E-state index contributed by atoms with van der Waals surface area (Å²) >= 11 is 1.72. The molecule has 0 radical (unpaired) electrons. The van der Waals surface area contributed by atoms with Gasteiger partial charge in [-0.1, -0.05) is 36.4 Å². The number of nitrogens with zero attached hydrogens (tertiary/aromatic N) is 1. The molecular formula is C18H20BrNO2S. The second-order valence-corrected chi connectivity index (χ2v) is 6.48. The number of benzene rings is 2. The van der Waals surface area contributed by atoms with Crippen molar-refractivity contribution in [3.63, 3.8) is 0 Å². The van der Waals surface area contributed by atoms with Gasteiger partial charge in [0, 0.05) is 29.2 Å². The van der Waals surface area contributed by atoms with E-state index in [1.807, 2.05) is 43.3 Å². The van der Waals surface area contributed by atoms with Crippen LogP contribution in [0.4, 0.5) is 0 Å². The van der Waals surface area contributed by atoms with Crippen molar-refractivity contribution in [1.82, 2.24) is 4.90 Å². The fraction of sp³-hybridized carbons (Fsp3) is 0.278. The molecule has 0 amide bonds. The highest BCUT2D eigenvalue weighted by atomic mass is 79.9. The van der Waals surface area contributed by atoms with E-state index in [1.54, 1.807) is 11.8 Å². The van der Waals surface area contributed by atoms with Crippen molar-refractivity contribution >= 4 is 45.3 Å². The minimum Gasteiger partial charge on any atom is -0.396 e. The fourth-order valence-electron chi connectivity index (χ4n) is 2.68. The maximum atomic E-state index is 12.5. The van der Waals surface area contributed by atoms with Crippen molar-refractivity contribution in [2.24, 2.45) is 0 Å². The zero-order valence-corrected chi connectivity index (χ0v) is 15.5. The monoisotopic (exact) mass is 393 g/mol. The Morgan fingerprint density at radius 2 is 1.96 bits per heavy atom. The van der Waals surface area contributed by atoms with Gasteiger partial charge in [-0.05, 0) is 23.8 Å². The number of thioether (sulfide) groups is 1. The molecule has 1 aliphatic heterocycles. The molecule has 0 aromatic heterocycles. The number of aliphatic hydroxyl groups is 1. The van der Waals surface area contributed by atoms with Crippen molar-refractivity contribution in [2.45, 2.75) is 13.3 Å². The number of Topliss-reactive ketones (excluding diaryl/α,β-unsaturated/α-hetero) is 1. The van der Waals surface area contributed by atoms with Crippen LogP contribution in [-0.2, 0) is 0 Å². The van der Waals surface area contributed by atoms with E-state index in [0.29, 0.717) is 13.0 Å². The number of hydrogen-bond acceptors (Lipinski definition) is 4. The van der Waals surface area contributed by atoms with Crippen molar-refractivity contribution in [3.8, 4) is 0 Å². The van der Waals surface area contributed by atoms with Crippen molar-refractivity contribution in [1.29, 1.82) is 0 Å². The van der Waals surface area contributed by atoms with E-state index in [4.69, 9.17) is 5.11 Å². The van der Waals surface area contributed by atoms with E-state index < -0.39 is 0 Å². The molecule has 1 aliphatic rings. The number of fused-ring (bicyclic) bond motifs is 1. The Morgan fingerprint density at radius 3 is 2.70 bits per heavy atom. The number of allylic oxidation sites excluding steroid dienone is 1. The van der Waals surface area contributed by atoms with Gasteiger partial charge in [-0.25, -0.2) is 0 Å². The lowest BCUT2D eigenvalue weighted by Gasteiger charge is -2.18. The first-order valence-corrected chi connectivity index (χ1v) is 8.38. The standard InChI is InChI=1S/C18H19NO2S.BrH/c1-13-18(8-9-20)22-12-19(13)11-17(21)16-7-6-14-4-2-3-5-15(14)10-16;/h2-7,10,20H,8-9,11-12H2,1H3;1H. The third-order valence-corrected chi connectivity index (χ3v) is 5.31. The summed E-state index contributed by atoms with van der Waals surface area (Å²) in [6.07, 6.45) is 0.678. The molecular weight excluding hydrogens is 374 g/mol. The minimum absolute atomic E-state index is 0. The summed E-state index contributed by atoms with van der Waals surface area (Å²) in [4.78, 5) is 15.8. The van der Waals surface area contributed by atoms with E-state index in [-0.39, 0.29) is 29.4 Å². The second-order valence-electron chi connectivity index (χ2n) is 5.44. The third-order valence-electron chi connectivity index (χ3n) is 4.02. The van der Waals surface area contributed by atoms with E-state index in [0.717, 1.165) is 27.9 Å². The molecule has 23 heavy (non-hydrogen) atoms. The Morgan fingerprint density at radius 1 is 1.22 bits per heavy atom. The number of hydrogen-bond donors (Lipinski definition) is 1. The van der Waals surface area contributed by atoms with Gasteiger partial charge in [-0.3, -0.25) is 4.79 Å². The van der Waals surface area contributed by atoms with Crippen LogP contribution in [0.5, 0.6) is 0 Å². The predicted octanol–water partition coefficient (Wildman–Crippen LogP) is 4.22. The summed E-state index contributed by atoms with van der Waals surface area (Å²) in [7, 11) is 0. The molecule has 1 N–H and O–H groups in total. The first kappa shape index (κ1) is 18.0. The molecule has 2 aromatic carbocycles. The molecule has 3 nitrogen and oxygen atoms in total. The van der Waals surface area contributed by atoms with Gasteiger partial charge in [0.25, 0.3) is 0 Å². The van der Waals surface area contributed by atoms with Crippen LogP contribution in [0.2, 0.25) is 0 Å². The Hall–Kier alpha value is -1.30. The van der Waals surface area contributed by atoms with Crippen molar-refractivity contribution in [2.75, 3.05) is 19.0 Å². The third kappa shape index (κ3) is 3.97. The first-order chi connectivity index (χ1) is 10.7. The predicted molar refractivity (Wildman–Crippen MR) is 102 cm³/mol. The molecule has 122 valence electrons. The maximum absolute atomic E-state index is 12.5. The number of ketones is 1. The van der Waals surface area contributed by atoms with Gasteiger partial charge in [-0.15, -0.1) is 28.7 Å². The molecule has 1 heterocycles. The summed E-state index contributed by atoms with van der Waals surface area (Å²) in [5.74, 6) is 0.927. The van der Waals surface area contributed by atoms with E-state index in [2.05, 4.69) is 11.0 Å². The Balaban J connectivity index is 0.00000192. The lowest BCUT2D eigenvalue weighted by molar-refractivity contribution is 0.0958. The number of halogens is 1. The molecule has 0 spiro atoms. The quantitative estimate of drug-likeness (QED) is 0.771. The summed E-state index contributed by atoms with van der Waals surface area (Å²) in [5, 5.41) is 11.3. The zero-order chi connectivity index (χ0) is 15.5. The van der Waals surface area contributed by atoms with Gasteiger partial charge in [0.1, 0.15) is 0 Å². The Labute approximate surface area is 151 Å². The van der Waals surface area contributed by atoms with Gasteiger partial charge in [0.05, 0.1) is 12.4 Å². The Bertz CT molecular complexity index is 745. The largest absolute Gasteiger partial charge is 0.396 e. The normalized spacial score (nSPS) is 14.3. The molecule has 0 atom stereocenters. The topological polar surface area (TPSA) is 40.5 Å². The van der Waals surface area contributed by atoms with Gasteiger partial charge in [0.15, 0.2) is 5.78 Å². The summed E-state index contributed by atoms with van der Waals surface area (Å²) in [5.41, 5.74) is 1.88. The molecule has 0 aliphatic carbocycles. The van der Waals surface area contributed by atoms with E-state index in [1.165, 1.54) is 4.91 Å². The molecule has 0 fully saturated rings. The summed E-state index contributed by atoms with van der Waals surface area (Å²) in [6, 6.07) is 13.9. The highest BCUT2D eigenvalue weighted by Crippen LogP contribution is 2.33. The highest BCUT2D eigenvalue weighted by molar-refractivity contribution is 8.93. The number of carbonyl (C=O) groups excluding carboxylic acids is 1. The molecule has 0 saturated heterocycles. The van der Waals surface area contributed by atoms with Crippen molar-refractivity contribution < 1.29 is 9.90 Å². The van der Waals surface area contributed by atoms with Crippen LogP contribution in [0.1, 0.15) is 23.7 Å². The summed E-state index contributed by atoms with van der Waals surface area (Å²) in [6.45, 7) is 2.58. The first-order valence-electron chi connectivity index (χ1n) is 7.39. The minimum atomic E-state index is 0. The smallest absolute Gasteiger partial charge is 0.182 e. The van der Waals surface area contributed by atoms with E-state index in [9.17, 15) is 4.79 Å². The fourth-order valence-corrected chi connectivity index (χ4v) is 3.85. The van der Waals surface area contributed by atoms with Crippen LogP contribution in [0, 0.1) is 0 Å². The molecule has 3 rings (SSSR count). The van der Waals surface area contributed by atoms with Crippen LogP contribution in [0.3, 0.4) is 0 Å². The summed E-state index contributed by atoms with van der Waals surface area (Å²) < 4.78 is 0. The molecule has 0 bridgehead atoms. The van der Waals surface area contributed by atoms with Crippen LogP contribution < -0.4 is 0 Å². The van der Waals surface area contributed by atoms with Gasteiger partial charge in [0.2, 0.25) is 0 Å². The molecule has 0 unspecified atom stereocenters. The molecule has 2 aromatic rings. The van der Waals surface area contributed by atoms with Crippen molar-refractivity contribution in [3.05, 3.63) is 58.6 Å². The second kappa shape index (κ2) is 7.99. The zero-order valence-electron chi connectivity index (χ0n) is 13.0. The molecule has 5 heteroatoms. The maximum Gasteiger partial charge on any atom is 0.182 e. The number of rotatable bonds is 5. The van der Waals surface area contributed by atoms with Gasteiger partial charge < -0.3 is 10.0 Å². The van der Waals surface area contributed by atoms with Crippen LogP contribution in [0.25, 0.3) is 10.8 Å². The van der Waals surface area contributed by atoms with Gasteiger partial charge in [-0.2, -0.15) is 0 Å². The van der Waals surface area contributed by atoms with E-state index >= 15 is 0 Å².